The Morgan fingerprint density at radius 3 is 2.65 bits per heavy atom. The first kappa shape index (κ1) is 18.0. The zero-order chi connectivity index (χ0) is 18.1. The second kappa shape index (κ2) is 7.35. The van der Waals surface area contributed by atoms with Crippen molar-refractivity contribution in [2.24, 2.45) is 11.8 Å². The third kappa shape index (κ3) is 2.89. The molecule has 140 valence electrons. The summed E-state index contributed by atoms with van der Waals surface area (Å²) in [7, 11) is 2.29. The van der Waals surface area contributed by atoms with Crippen molar-refractivity contribution in [1.29, 1.82) is 0 Å². The van der Waals surface area contributed by atoms with Gasteiger partial charge in [0.15, 0.2) is 0 Å². The highest BCUT2D eigenvalue weighted by molar-refractivity contribution is 5.52. The maximum atomic E-state index is 2.55. The summed E-state index contributed by atoms with van der Waals surface area (Å²) in [6.45, 7) is 7.35. The van der Waals surface area contributed by atoms with E-state index in [4.69, 9.17) is 0 Å². The van der Waals surface area contributed by atoms with E-state index in [2.05, 4.69) is 62.2 Å². The van der Waals surface area contributed by atoms with E-state index in [1.165, 1.54) is 58.0 Å². The molecule has 4 rings (SSSR count). The Balaban J connectivity index is 1.93. The highest BCUT2D eigenvalue weighted by Gasteiger charge is 2.46. The average Bonchev–Trinajstić information content (AvgIpc) is 2.80. The molecule has 1 fully saturated rings. The highest BCUT2D eigenvalue weighted by Crippen LogP contribution is 2.53. The molecule has 0 aromatic heterocycles. The van der Waals surface area contributed by atoms with Gasteiger partial charge in [0.2, 0.25) is 0 Å². The Kier molecular flexibility index (Phi) is 5.10. The van der Waals surface area contributed by atoms with E-state index >= 15 is 0 Å². The number of hydrogen-bond acceptors (Lipinski definition) is 1. The molecule has 0 amide bonds. The number of fused-ring (bicyclic) bond motifs is 1. The molecule has 1 heterocycles. The van der Waals surface area contributed by atoms with Gasteiger partial charge >= 0.3 is 0 Å². The van der Waals surface area contributed by atoms with Gasteiger partial charge < -0.3 is 4.90 Å². The van der Waals surface area contributed by atoms with E-state index in [1.54, 1.807) is 22.3 Å². The predicted octanol–water partition coefficient (Wildman–Crippen LogP) is 5.91. The fourth-order valence-electron chi connectivity index (χ4n) is 6.12. The summed E-state index contributed by atoms with van der Waals surface area (Å²) in [5.41, 5.74) is 7.02. The molecule has 3 aliphatic rings. The summed E-state index contributed by atoms with van der Waals surface area (Å²) in [4.78, 5) is 2.52. The lowest BCUT2D eigenvalue weighted by Gasteiger charge is -2.48. The number of rotatable bonds is 3. The van der Waals surface area contributed by atoms with Crippen molar-refractivity contribution in [3.63, 3.8) is 0 Å². The van der Waals surface area contributed by atoms with Crippen LogP contribution in [0, 0.1) is 11.8 Å². The molecule has 2 unspecified atom stereocenters. The van der Waals surface area contributed by atoms with Crippen molar-refractivity contribution in [3.8, 4) is 0 Å². The van der Waals surface area contributed by atoms with E-state index in [-0.39, 0.29) is 5.41 Å². The Hall–Kier alpha value is -1.34. The van der Waals surface area contributed by atoms with Crippen molar-refractivity contribution in [2.45, 2.75) is 64.2 Å². The first-order valence-corrected chi connectivity index (χ1v) is 10.8. The molecular formula is C25H35N. The lowest BCUT2D eigenvalue weighted by molar-refractivity contribution is 0.156. The van der Waals surface area contributed by atoms with Crippen LogP contribution in [-0.2, 0) is 11.8 Å². The molecule has 0 spiro atoms. The zero-order valence-electron chi connectivity index (χ0n) is 16.9. The maximum absolute atomic E-state index is 2.55. The summed E-state index contributed by atoms with van der Waals surface area (Å²) in [5.74, 6) is 1.49. The summed E-state index contributed by atoms with van der Waals surface area (Å²) in [6.07, 6.45) is 14.0. The minimum atomic E-state index is 0.240. The highest BCUT2D eigenvalue weighted by atomic mass is 15.1. The van der Waals surface area contributed by atoms with Crippen LogP contribution in [0.25, 0.3) is 0 Å². The van der Waals surface area contributed by atoms with Crippen molar-refractivity contribution in [1.82, 2.24) is 4.90 Å². The summed E-state index contributed by atoms with van der Waals surface area (Å²) in [5, 5.41) is 0. The monoisotopic (exact) mass is 349 g/mol. The van der Waals surface area contributed by atoms with E-state index in [0.29, 0.717) is 5.92 Å². The first-order valence-electron chi connectivity index (χ1n) is 10.8. The molecule has 1 heteroatoms. The SMILES string of the molecule is CCCC1(C2CCN(C)CC2)C2=C(CCc3ccccc31)C(C)CC=C2. The van der Waals surface area contributed by atoms with Gasteiger partial charge in [-0.2, -0.15) is 0 Å². The number of hydrogen-bond donors (Lipinski definition) is 0. The molecule has 1 aromatic carbocycles. The van der Waals surface area contributed by atoms with Crippen LogP contribution in [-0.4, -0.2) is 25.0 Å². The van der Waals surface area contributed by atoms with Crippen LogP contribution >= 0.6 is 0 Å². The summed E-state index contributed by atoms with van der Waals surface area (Å²) >= 11 is 0. The van der Waals surface area contributed by atoms with Crippen molar-refractivity contribution in [2.75, 3.05) is 20.1 Å². The van der Waals surface area contributed by atoms with Crippen LogP contribution < -0.4 is 0 Å². The Bertz CT molecular complexity index is 705. The van der Waals surface area contributed by atoms with Crippen LogP contribution in [0.15, 0.2) is 47.6 Å². The second-order valence-corrected chi connectivity index (χ2v) is 8.93. The summed E-state index contributed by atoms with van der Waals surface area (Å²) < 4.78 is 0. The smallest absolute Gasteiger partial charge is 0.0234 e. The largest absolute Gasteiger partial charge is 0.306 e. The molecule has 0 radical (unpaired) electrons. The number of nitrogens with zero attached hydrogens (tertiary/aromatic N) is 1. The summed E-state index contributed by atoms with van der Waals surface area (Å²) in [6, 6.07) is 9.45. The predicted molar refractivity (Wildman–Crippen MR) is 112 cm³/mol. The van der Waals surface area contributed by atoms with Crippen LogP contribution in [0.2, 0.25) is 0 Å². The standard InChI is InChI=1S/C25H35N/c1-4-16-25(21-14-17-26(3)18-15-21)23-10-6-5-9-20(23)12-13-22-19(2)8-7-11-24(22)25/h5-7,9-11,19,21H,4,8,12-18H2,1-3H3. The maximum Gasteiger partial charge on any atom is 0.0234 e. The van der Waals surface area contributed by atoms with Crippen molar-refractivity contribution in [3.05, 3.63) is 58.7 Å². The Morgan fingerprint density at radius 1 is 1.12 bits per heavy atom. The number of piperidine rings is 1. The van der Waals surface area contributed by atoms with Crippen LogP contribution in [0.4, 0.5) is 0 Å². The molecule has 1 nitrogen and oxygen atoms in total. The minimum absolute atomic E-state index is 0.240. The number of allylic oxidation sites excluding steroid dienone is 4. The molecule has 26 heavy (non-hydrogen) atoms. The Labute approximate surface area is 160 Å². The van der Waals surface area contributed by atoms with Crippen LogP contribution in [0.5, 0.6) is 0 Å². The van der Waals surface area contributed by atoms with Crippen molar-refractivity contribution < 1.29 is 0 Å². The molecule has 1 aliphatic heterocycles. The number of benzene rings is 1. The Morgan fingerprint density at radius 2 is 1.88 bits per heavy atom. The van der Waals surface area contributed by atoms with Crippen LogP contribution in [0.3, 0.4) is 0 Å². The fraction of sp³-hybridized carbons (Fsp3) is 0.600. The lowest BCUT2D eigenvalue weighted by atomic mass is 9.58. The number of likely N-dealkylation sites (tertiary alicyclic amines) is 1. The zero-order valence-corrected chi connectivity index (χ0v) is 16.9. The first-order chi connectivity index (χ1) is 12.7. The van der Waals surface area contributed by atoms with Crippen LogP contribution in [0.1, 0.15) is 63.5 Å². The van der Waals surface area contributed by atoms with E-state index in [0.717, 1.165) is 5.92 Å². The van der Waals surface area contributed by atoms with Gasteiger partial charge in [-0.3, -0.25) is 0 Å². The molecule has 0 bridgehead atoms. The third-order valence-corrected chi connectivity index (χ3v) is 7.42. The molecule has 1 saturated heterocycles. The topological polar surface area (TPSA) is 3.24 Å². The van der Waals surface area contributed by atoms with Gasteiger partial charge in [-0.1, -0.05) is 62.3 Å². The third-order valence-electron chi connectivity index (χ3n) is 7.42. The molecule has 2 aliphatic carbocycles. The molecule has 0 saturated carbocycles. The van der Waals surface area contributed by atoms with Gasteiger partial charge in [-0.05, 0) is 87.2 Å². The van der Waals surface area contributed by atoms with Gasteiger partial charge in [0.25, 0.3) is 0 Å². The quantitative estimate of drug-likeness (QED) is 0.656. The van der Waals surface area contributed by atoms with Gasteiger partial charge in [-0.15, -0.1) is 0 Å². The van der Waals surface area contributed by atoms with E-state index in [1.807, 2.05) is 0 Å². The van der Waals surface area contributed by atoms with Gasteiger partial charge in [0.05, 0.1) is 0 Å². The molecule has 2 atom stereocenters. The van der Waals surface area contributed by atoms with Gasteiger partial charge in [0, 0.05) is 5.41 Å². The lowest BCUT2D eigenvalue weighted by Crippen LogP contribution is -2.44. The van der Waals surface area contributed by atoms with Crippen molar-refractivity contribution >= 4 is 0 Å². The molecule has 0 N–H and O–H groups in total. The van der Waals surface area contributed by atoms with E-state index in [9.17, 15) is 0 Å². The van der Waals surface area contributed by atoms with E-state index < -0.39 is 0 Å². The molecular weight excluding hydrogens is 314 g/mol. The average molecular weight is 350 g/mol. The molecule has 1 aromatic rings. The fourth-order valence-corrected chi connectivity index (χ4v) is 6.12. The minimum Gasteiger partial charge on any atom is -0.306 e. The second-order valence-electron chi connectivity index (χ2n) is 8.93. The van der Waals surface area contributed by atoms with Gasteiger partial charge in [0.1, 0.15) is 0 Å². The normalized spacial score (nSPS) is 30.0. The number of aryl methyl sites for hydroxylation is 1. The van der Waals surface area contributed by atoms with Gasteiger partial charge in [-0.25, -0.2) is 0 Å².